The zero-order valence-corrected chi connectivity index (χ0v) is 13.7. The standard InChI is InChI=1S/C15H23F2NO2S/c1-5-8-18-14(15(2,3)4)10-21(19,20)13-9-11(16)6-7-12(13)17/h6-7,9,14,18H,5,8,10H2,1-4H3. The van der Waals surface area contributed by atoms with Crippen LogP contribution in [-0.2, 0) is 9.84 Å². The molecule has 1 rings (SSSR count). The Morgan fingerprint density at radius 3 is 2.38 bits per heavy atom. The topological polar surface area (TPSA) is 46.2 Å². The lowest BCUT2D eigenvalue weighted by Gasteiger charge is -2.31. The lowest BCUT2D eigenvalue weighted by Crippen LogP contribution is -2.45. The van der Waals surface area contributed by atoms with Gasteiger partial charge in [0.25, 0.3) is 0 Å². The monoisotopic (exact) mass is 319 g/mol. The van der Waals surface area contributed by atoms with Gasteiger partial charge in [-0.25, -0.2) is 17.2 Å². The molecule has 1 atom stereocenters. The van der Waals surface area contributed by atoms with Gasteiger partial charge in [0.05, 0.1) is 5.75 Å². The highest BCUT2D eigenvalue weighted by atomic mass is 32.2. The Morgan fingerprint density at radius 2 is 1.86 bits per heavy atom. The minimum Gasteiger partial charge on any atom is -0.312 e. The summed E-state index contributed by atoms with van der Waals surface area (Å²) in [4.78, 5) is -0.574. The van der Waals surface area contributed by atoms with Crippen molar-refractivity contribution in [3.05, 3.63) is 29.8 Å². The number of rotatable bonds is 6. The van der Waals surface area contributed by atoms with Crippen molar-refractivity contribution < 1.29 is 17.2 Å². The average molecular weight is 319 g/mol. The summed E-state index contributed by atoms with van der Waals surface area (Å²) in [5.41, 5.74) is -0.313. The van der Waals surface area contributed by atoms with Crippen molar-refractivity contribution in [2.45, 2.75) is 45.1 Å². The zero-order chi connectivity index (χ0) is 16.3. The first-order valence-corrected chi connectivity index (χ1v) is 8.64. The normalized spacial score (nSPS) is 14.2. The summed E-state index contributed by atoms with van der Waals surface area (Å²) in [6.07, 6.45) is 0.862. The molecule has 0 spiro atoms. The number of hydrogen-bond donors (Lipinski definition) is 1. The molecular weight excluding hydrogens is 296 g/mol. The van der Waals surface area contributed by atoms with E-state index in [1.807, 2.05) is 27.7 Å². The number of halogens is 2. The van der Waals surface area contributed by atoms with E-state index in [9.17, 15) is 17.2 Å². The first kappa shape index (κ1) is 18.0. The van der Waals surface area contributed by atoms with Crippen LogP contribution in [-0.4, -0.2) is 26.8 Å². The zero-order valence-electron chi connectivity index (χ0n) is 12.9. The van der Waals surface area contributed by atoms with E-state index in [2.05, 4.69) is 5.32 Å². The van der Waals surface area contributed by atoms with E-state index in [0.717, 1.165) is 24.6 Å². The Kier molecular flexibility index (Phi) is 5.87. The maximum Gasteiger partial charge on any atom is 0.182 e. The van der Waals surface area contributed by atoms with Crippen LogP contribution in [0.15, 0.2) is 23.1 Å². The predicted molar refractivity (Wildman–Crippen MR) is 79.9 cm³/mol. The molecule has 120 valence electrons. The Bertz CT molecular complexity index is 580. The van der Waals surface area contributed by atoms with Crippen molar-refractivity contribution >= 4 is 9.84 Å². The Morgan fingerprint density at radius 1 is 1.24 bits per heavy atom. The molecule has 0 aromatic heterocycles. The lowest BCUT2D eigenvalue weighted by atomic mass is 9.88. The Labute approximate surface area is 125 Å². The van der Waals surface area contributed by atoms with Gasteiger partial charge in [0, 0.05) is 6.04 Å². The molecule has 0 aliphatic carbocycles. The van der Waals surface area contributed by atoms with Crippen molar-refractivity contribution in [3.8, 4) is 0 Å². The molecule has 0 bridgehead atoms. The number of nitrogens with one attached hydrogen (secondary N) is 1. The number of benzene rings is 1. The second-order valence-corrected chi connectivity index (χ2v) is 8.23. The van der Waals surface area contributed by atoms with Gasteiger partial charge in [-0.3, -0.25) is 0 Å². The molecule has 6 heteroatoms. The fraction of sp³-hybridized carbons (Fsp3) is 0.600. The Balaban J connectivity index is 3.08. The van der Waals surface area contributed by atoms with Crippen molar-refractivity contribution in [2.75, 3.05) is 12.3 Å². The van der Waals surface area contributed by atoms with Crippen molar-refractivity contribution in [2.24, 2.45) is 5.41 Å². The smallest absolute Gasteiger partial charge is 0.182 e. The van der Waals surface area contributed by atoms with Crippen LogP contribution in [0, 0.1) is 17.0 Å². The SMILES string of the molecule is CCCNC(CS(=O)(=O)c1cc(F)ccc1F)C(C)(C)C. The lowest BCUT2D eigenvalue weighted by molar-refractivity contribution is 0.288. The van der Waals surface area contributed by atoms with Crippen LogP contribution in [0.5, 0.6) is 0 Å². The van der Waals surface area contributed by atoms with E-state index < -0.39 is 26.4 Å². The summed E-state index contributed by atoms with van der Waals surface area (Å²) < 4.78 is 51.7. The summed E-state index contributed by atoms with van der Waals surface area (Å²) in [6.45, 7) is 8.39. The minimum absolute atomic E-state index is 0.267. The molecular formula is C15H23F2NO2S. The van der Waals surface area contributed by atoms with Crippen LogP contribution >= 0.6 is 0 Å². The first-order chi connectivity index (χ1) is 9.58. The van der Waals surface area contributed by atoms with E-state index in [1.165, 1.54) is 0 Å². The number of hydrogen-bond acceptors (Lipinski definition) is 3. The largest absolute Gasteiger partial charge is 0.312 e. The van der Waals surface area contributed by atoms with E-state index in [4.69, 9.17) is 0 Å². The highest BCUT2D eigenvalue weighted by Gasteiger charge is 2.31. The first-order valence-electron chi connectivity index (χ1n) is 6.99. The molecule has 21 heavy (non-hydrogen) atoms. The van der Waals surface area contributed by atoms with Gasteiger partial charge >= 0.3 is 0 Å². The molecule has 1 aromatic carbocycles. The van der Waals surface area contributed by atoms with Crippen molar-refractivity contribution in [1.29, 1.82) is 0 Å². The van der Waals surface area contributed by atoms with Crippen LogP contribution in [0.1, 0.15) is 34.1 Å². The summed E-state index contributed by atoms with van der Waals surface area (Å²) in [6, 6.07) is 2.15. The summed E-state index contributed by atoms with van der Waals surface area (Å²) in [5.74, 6) is -1.94. The van der Waals surface area contributed by atoms with Crippen LogP contribution in [0.2, 0.25) is 0 Å². The molecule has 0 amide bonds. The molecule has 0 aliphatic rings. The maximum atomic E-state index is 13.7. The van der Waals surface area contributed by atoms with Gasteiger partial charge in [-0.2, -0.15) is 0 Å². The molecule has 0 heterocycles. The van der Waals surface area contributed by atoms with Gasteiger partial charge in [0.15, 0.2) is 9.84 Å². The molecule has 0 aliphatic heterocycles. The van der Waals surface area contributed by atoms with Gasteiger partial charge in [-0.05, 0) is 36.6 Å². The minimum atomic E-state index is -3.90. The van der Waals surface area contributed by atoms with E-state index in [1.54, 1.807) is 0 Å². The van der Waals surface area contributed by atoms with Gasteiger partial charge in [-0.15, -0.1) is 0 Å². The van der Waals surface area contributed by atoms with E-state index >= 15 is 0 Å². The fourth-order valence-electron chi connectivity index (χ4n) is 1.96. The maximum absolute atomic E-state index is 13.7. The van der Waals surface area contributed by atoms with E-state index in [-0.39, 0.29) is 17.2 Å². The quantitative estimate of drug-likeness (QED) is 0.876. The molecule has 1 unspecified atom stereocenters. The molecule has 0 saturated carbocycles. The third-order valence-corrected chi connectivity index (χ3v) is 5.06. The predicted octanol–water partition coefficient (Wildman–Crippen LogP) is 3.15. The second kappa shape index (κ2) is 6.83. The van der Waals surface area contributed by atoms with E-state index in [0.29, 0.717) is 6.54 Å². The van der Waals surface area contributed by atoms with Gasteiger partial charge < -0.3 is 5.32 Å². The van der Waals surface area contributed by atoms with Crippen LogP contribution in [0.25, 0.3) is 0 Å². The molecule has 1 N–H and O–H groups in total. The summed E-state index contributed by atoms with van der Waals surface area (Å²) in [7, 11) is -3.90. The van der Waals surface area contributed by atoms with Crippen LogP contribution < -0.4 is 5.32 Å². The Hall–Kier alpha value is -1.01. The highest BCUT2D eigenvalue weighted by molar-refractivity contribution is 7.91. The molecule has 3 nitrogen and oxygen atoms in total. The molecule has 1 aromatic rings. The molecule has 0 radical (unpaired) electrons. The highest BCUT2D eigenvalue weighted by Crippen LogP contribution is 2.25. The molecule has 0 saturated heterocycles. The van der Waals surface area contributed by atoms with Gasteiger partial charge in [-0.1, -0.05) is 27.7 Å². The van der Waals surface area contributed by atoms with Crippen molar-refractivity contribution in [1.82, 2.24) is 5.32 Å². The average Bonchev–Trinajstić information content (AvgIpc) is 2.36. The second-order valence-electron chi connectivity index (χ2n) is 6.23. The molecule has 0 fully saturated rings. The van der Waals surface area contributed by atoms with Crippen LogP contribution in [0.4, 0.5) is 8.78 Å². The summed E-state index contributed by atoms with van der Waals surface area (Å²) >= 11 is 0. The van der Waals surface area contributed by atoms with Crippen molar-refractivity contribution in [3.63, 3.8) is 0 Å². The van der Waals surface area contributed by atoms with Crippen LogP contribution in [0.3, 0.4) is 0 Å². The fourth-order valence-corrected chi connectivity index (χ4v) is 3.85. The summed E-state index contributed by atoms with van der Waals surface area (Å²) in [5, 5.41) is 3.17. The van der Waals surface area contributed by atoms with Gasteiger partial charge in [0.1, 0.15) is 16.5 Å². The third kappa shape index (κ3) is 5.04. The third-order valence-electron chi connectivity index (χ3n) is 3.30. The van der Waals surface area contributed by atoms with Gasteiger partial charge in [0.2, 0.25) is 0 Å². The number of sulfone groups is 1.